The van der Waals surface area contributed by atoms with E-state index in [1.807, 2.05) is 12.1 Å². The fourth-order valence-corrected chi connectivity index (χ4v) is 2.06. The zero-order valence-electron chi connectivity index (χ0n) is 11.5. The number of amides is 1. The highest BCUT2D eigenvalue weighted by Crippen LogP contribution is 2.14. The van der Waals surface area contributed by atoms with E-state index >= 15 is 0 Å². The van der Waals surface area contributed by atoms with Gasteiger partial charge in [0.05, 0.1) is 6.61 Å². The topological polar surface area (TPSA) is 60.3 Å². The Morgan fingerprint density at radius 3 is 2.67 bits per heavy atom. The number of hydrogen-bond acceptors (Lipinski definition) is 3. The summed E-state index contributed by atoms with van der Waals surface area (Å²) in [6, 6.07) is 10.5. The van der Waals surface area contributed by atoms with Crippen molar-refractivity contribution in [3.8, 4) is 5.75 Å². The standard InChI is InChI=1S/C15H15BrN2O3/c1-2-21-13-4-3-9-18(15(13)20)10-14(19)17-12-7-5-11(16)6-8-12/h3-9H,2,10H2,1H3,(H,17,19). The van der Waals surface area contributed by atoms with Gasteiger partial charge in [0.15, 0.2) is 5.75 Å². The smallest absolute Gasteiger partial charge is 0.293 e. The van der Waals surface area contributed by atoms with Gasteiger partial charge in [-0.25, -0.2) is 0 Å². The average Bonchev–Trinajstić information content (AvgIpc) is 2.46. The van der Waals surface area contributed by atoms with E-state index < -0.39 is 0 Å². The van der Waals surface area contributed by atoms with Crippen molar-refractivity contribution in [2.24, 2.45) is 0 Å². The monoisotopic (exact) mass is 350 g/mol. The summed E-state index contributed by atoms with van der Waals surface area (Å²) in [6.07, 6.45) is 1.56. The van der Waals surface area contributed by atoms with Crippen molar-refractivity contribution < 1.29 is 9.53 Å². The van der Waals surface area contributed by atoms with Crippen LogP contribution in [0.5, 0.6) is 5.75 Å². The molecule has 0 saturated carbocycles. The highest BCUT2D eigenvalue weighted by Gasteiger charge is 2.08. The van der Waals surface area contributed by atoms with Gasteiger partial charge in [-0.05, 0) is 43.3 Å². The maximum Gasteiger partial charge on any atom is 0.293 e. The van der Waals surface area contributed by atoms with Crippen LogP contribution in [0.3, 0.4) is 0 Å². The lowest BCUT2D eigenvalue weighted by molar-refractivity contribution is -0.116. The first-order valence-corrected chi connectivity index (χ1v) is 7.27. The summed E-state index contributed by atoms with van der Waals surface area (Å²) in [7, 11) is 0. The zero-order chi connectivity index (χ0) is 15.2. The second-order valence-electron chi connectivity index (χ2n) is 4.29. The van der Waals surface area contributed by atoms with E-state index in [0.717, 1.165) is 4.47 Å². The third kappa shape index (κ3) is 4.19. The molecule has 110 valence electrons. The Hall–Kier alpha value is -2.08. The van der Waals surface area contributed by atoms with E-state index in [2.05, 4.69) is 21.2 Å². The van der Waals surface area contributed by atoms with Crippen LogP contribution in [-0.2, 0) is 11.3 Å². The number of ether oxygens (including phenoxy) is 1. The number of hydrogen-bond donors (Lipinski definition) is 1. The zero-order valence-corrected chi connectivity index (χ0v) is 13.1. The van der Waals surface area contributed by atoms with Gasteiger partial charge in [-0.3, -0.25) is 9.59 Å². The molecule has 21 heavy (non-hydrogen) atoms. The van der Waals surface area contributed by atoms with E-state index in [1.54, 1.807) is 37.4 Å². The molecule has 0 saturated heterocycles. The normalized spacial score (nSPS) is 10.2. The molecule has 0 fully saturated rings. The molecule has 0 bridgehead atoms. The van der Waals surface area contributed by atoms with Gasteiger partial charge in [-0.2, -0.15) is 0 Å². The van der Waals surface area contributed by atoms with Crippen molar-refractivity contribution in [2.75, 3.05) is 11.9 Å². The fraction of sp³-hybridized carbons (Fsp3) is 0.200. The van der Waals surface area contributed by atoms with Crippen molar-refractivity contribution in [2.45, 2.75) is 13.5 Å². The number of pyridine rings is 1. The number of aromatic nitrogens is 1. The summed E-state index contributed by atoms with van der Waals surface area (Å²) in [4.78, 5) is 24.0. The van der Waals surface area contributed by atoms with E-state index in [9.17, 15) is 9.59 Å². The minimum Gasteiger partial charge on any atom is -0.488 e. The largest absolute Gasteiger partial charge is 0.488 e. The van der Waals surface area contributed by atoms with E-state index in [0.29, 0.717) is 12.3 Å². The summed E-state index contributed by atoms with van der Waals surface area (Å²) in [5, 5.41) is 2.74. The number of rotatable bonds is 5. The van der Waals surface area contributed by atoms with Crippen LogP contribution >= 0.6 is 15.9 Å². The van der Waals surface area contributed by atoms with Crippen LogP contribution in [0.2, 0.25) is 0 Å². The van der Waals surface area contributed by atoms with Crippen molar-refractivity contribution >= 4 is 27.5 Å². The molecule has 0 radical (unpaired) electrons. The van der Waals surface area contributed by atoms with Gasteiger partial charge >= 0.3 is 0 Å². The molecule has 0 unspecified atom stereocenters. The number of nitrogens with one attached hydrogen (secondary N) is 1. The predicted octanol–water partition coefficient (Wildman–Crippen LogP) is 2.65. The molecule has 0 aliphatic heterocycles. The number of nitrogens with zero attached hydrogens (tertiary/aromatic N) is 1. The second-order valence-corrected chi connectivity index (χ2v) is 5.21. The van der Waals surface area contributed by atoms with Crippen LogP contribution in [0.15, 0.2) is 51.9 Å². The molecule has 2 rings (SSSR count). The quantitative estimate of drug-likeness (QED) is 0.901. The van der Waals surface area contributed by atoms with Gasteiger partial charge in [0, 0.05) is 16.4 Å². The Morgan fingerprint density at radius 1 is 1.29 bits per heavy atom. The molecular formula is C15H15BrN2O3. The number of halogens is 1. The second kappa shape index (κ2) is 7.08. The predicted molar refractivity (Wildman–Crippen MR) is 84.6 cm³/mol. The Kier molecular flexibility index (Phi) is 5.16. The number of carbonyl (C=O) groups is 1. The molecule has 0 aliphatic rings. The molecule has 1 aromatic carbocycles. The van der Waals surface area contributed by atoms with Crippen LogP contribution in [0.25, 0.3) is 0 Å². The van der Waals surface area contributed by atoms with Gasteiger partial charge in [-0.15, -0.1) is 0 Å². The summed E-state index contributed by atoms with van der Waals surface area (Å²) in [5.74, 6) is -0.0236. The molecule has 0 aliphatic carbocycles. The number of anilines is 1. The Balaban J connectivity index is 2.07. The molecule has 1 heterocycles. The van der Waals surface area contributed by atoms with Crippen LogP contribution < -0.4 is 15.6 Å². The van der Waals surface area contributed by atoms with Crippen molar-refractivity contribution in [3.63, 3.8) is 0 Å². The van der Waals surface area contributed by atoms with Crippen LogP contribution in [-0.4, -0.2) is 17.1 Å². The van der Waals surface area contributed by atoms with Crippen molar-refractivity contribution in [1.82, 2.24) is 4.57 Å². The van der Waals surface area contributed by atoms with Gasteiger partial charge in [0.2, 0.25) is 5.91 Å². The van der Waals surface area contributed by atoms with Crippen molar-refractivity contribution in [3.05, 3.63) is 57.4 Å². The minimum absolute atomic E-state index is 0.0597. The summed E-state index contributed by atoms with van der Waals surface area (Å²) in [5.41, 5.74) is 0.363. The Labute approximate surface area is 130 Å². The van der Waals surface area contributed by atoms with E-state index in [-0.39, 0.29) is 23.8 Å². The number of benzene rings is 1. The molecule has 0 atom stereocenters. The maximum absolute atomic E-state index is 12.0. The number of carbonyl (C=O) groups excluding carboxylic acids is 1. The molecular weight excluding hydrogens is 336 g/mol. The van der Waals surface area contributed by atoms with Gasteiger partial charge in [0.1, 0.15) is 6.54 Å². The third-order valence-electron chi connectivity index (χ3n) is 2.73. The molecule has 2 aromatic rings. The van der Waals surface area contributed by atoms with Crippen LogP contribution in [0.1, 0.15) is 6.92 Å². The van der Waals surface area contributed by atoms with Gasteiger partial charge in [-0.1, -0.05) is 15.9 Å². The minimum atomic E-state index is -0.315. The lowest BCUT2D eigenvalue weighted by Crippen LogP contribution is -2.27. The van der Waals surface area contributed by atoms with E-state index in [4.69, 9.17) is 4.74 Å². The van der Waals surface area contributed by atoms with Crippen LogP contribution in [0.4, 0.5) is 5.69 Å². The van der Waals surface area contributed by atoms with Crippen LogP contribution in [0, 0.1) is 0 Å². The molecule has 1 amide bonds. The maximum atomic E-state index is 12.0. The Bertz CT molecular complexity index is 680. The fourth-order valence-electron chi connectivity index (χ4n) is 1.79. The molecule has 6 heteroatoms. The molecule has 5 nitrogen and oxygen atoms in total. The van der Waals surface area contributed by atoms with Gasteiger partial charge in [0.25, 0.3) is 5.56 Å². The third-order valence-corrected chi connectivity index (χ3v) is 3.26. The van der Waals surface area contributed by atoms with Gasteiger partial charge < -0.3 is 14.6 Å². The SMILES string of the molecule is CCOc1cccn(CC(=O)Nc2ccc(Br)cc2)c1=O. The lowest BCUT2D eigenvalue weighted by Gasteiger charge is -2.09. The highest BCUT2D eigenvalue weighted by atomic mass is 79.9. The average molecular weight is 351 g/mol. The van der Waals surface area contributed by atoms with Crippen molar-refractivity contribution in [1.29, 1.82) is 0 Å². The molecule has 1 N–H and O–H groups in total. The first kappa shape index (κ1) is 15.3. The summed E-state index contributed by atoms with van der Waals surface area (Å²) in [6.45, 7) is 2.15. The summed E-state index contributed by atoms with van der Waals surface area (Å²) >= 11 is 3.33. The molecule has 1 aromatic heterocycles. The Morgan fingerprint density at radius 2 is 2.00 bits per heavy atom. The summed E-state index contributed by atoms with van der Waals surface area (Å²) < 4.78 is 7.47. The first-order valence-electron chi connectivity index (χ1n) is 6.48. The first-order chi connectivity index (χ1) is 10.1. The highest BCUT2D eigenvalue weighted by molar-refractivity contribution is 9.10. The van der Waals surface area contributed by atoms with E-state index in [1.165, 1.54) is 4.57 Å². The lowest BCUT2D eigenvalue weighted by atomic mass is 10.3. The molecule has 0 spiro atoms.